The van der Waals surface area contributed by atoms with E-state index in [1.165, 1.54) is 29.1 Å². The summed E-state index contributed by atoms with van der Waals surface area (Å²) in [5.41, 5.74) is 7.13. The van der Waals surface area contributed by atoms with Crippen LogP contribution in [0.15, 0.2) is 66.0 Å². The number of carbonyl (C=O) groups excluding carboxylic acids is 2. The third-order valence-electron chi connectivity index (χ3n) is 6.67. The SMILES string of the molecule is COc1ccc(CN(Cc2cccs2)C2CCN(C(=O)c3ccc(F)cc3)[C@@H](C(=O)NCCN)C2)cc1. The largest absolute Gasteiger partial charge is 0.497 e. The van der Waals surface area contributed by atoms with E-state index in [0.29, 0.717) is 38.2 Å². The Hall–Kier alpha value is -3.27. The van der Waals surface area contributed by atoms with Gasteiger partial charge in [-0.3, -0.25) is 14.5 Å². The number of piperidine rings is 1. The highest BCUT2D eigenvalue weighted by molar-refractivity contribution is 7.09. The predicted octanol–water partition coefficient (Wildman–Crippen LogP) is 3.65. The van der Waals surface area contributed by atoms with E-state index in [1.807, 2.05) is 18.2 Å². The highest BCUT2D eigenvalue weighted by Gasteiger charge is 2.38. The minimum Gasteiger partial charge on any atom is -0.497 e. The number of amides is 2. The lowest BCUT2D eigenvalue weighted by Gasteiger charge is -2.43. The second-order valence-corrected chi connectivity index (χ2v) is 10.1. The van der Waals surface area contributed by atoms with Gasteiger partial charge in [0.25, 0.3) is 5.91 Å². The van der Waals surface area contributed by atoms with Gasteiger partial charge < -0.3 is 20.7 Å². The molecule has 1 unspecified atom stereocenters. The highest BCUT2D eigenvalue weighted by Crippen LogP contribution is 2.28. The summed E-state index contributed by atoms with van der Waals surface area (Å²) in [5.74, 6) is -0.0921. The summed E-state index contributed by atoms with van der Waals surface area (Å²) in [5, 5.41) is 4.93. The molecule has 3 aromatic rings. The second kappa shape index (κ2) is 12.8. The van der Waals surface area contributed by atoms with Gasteiger partial charge in [-0.05, 0) is 66.2 Å². The molecule has 1 aliphatic heterocycles. The lowest BCUT2D eigenvalue weighted by atomic mass is 9.93. The van der Waals surface area contributed by atoms with E-state index < -0.39 is 11.9 Å². The fraction of sp³-hybridized carbons (Fsp3) is 0.357. The molecule has 4 rings (SSSR count). The normalized spacial score (nSPS) is 17.6. The molecule has 1 saturated heterocycles. The molecule has 0 bridgehead atoms. The van der Waals surface area contributed by atoms with E-state index in [2.05, 4.69) is 33.8 Å². The molecule has 2 atom stereocenters. The molecule has 9 heteroatoms. The lowest BCUT2D eigenvalue weighted by Crippen LogP contribution is -2.57. The van der Waals surface area contributed by atoms with Crippen LogP contribution in [0.2, 0.25) is 0 Å². The van der Waals surface area contributed by atoms with Crippen molar-refractivity contribution in [2.24, 2.45) is 5.73 Å². The fourth-order valence-electron chi connectivity index (χ4n) is 4.72. The van der Waals surface area contributed by atoms with Crippen LogP contribution in [0.5, 0.6) is 5.75 Å². The number of carbonyl (C=O) groups is 2. The maximum Gasteiger partial charge on any atom is 0.254 e. The van der Waals surface area contributed by atoms with Crippen LogP contribution in [-0.2, 0) is 17.9 Å². The summed E-state index contributed by atoms with van der Waals surface area (Å²) in [6.45, 7) is 2.53. The van der Waals surface area contributed by atoms with Crippen molar-refractivity contribution < 1.29 is 18.7 Å². The molecule has 196 valence electrons. The van der Waals surface area contributed by atoms with Crippen LogP contribution in [0, 0.1) is 5.82 Å². The van der Waals surface area contributed by atoms with Crippen LogP contribution >= 0.6 is 11.3 Å². The quantitative estimate of drug-likeness (QED) is 0.423. The van der Waals surface area contributed by atoms with E-state index in [9.17, 15) is 14.0 Å². The zero-order valence-corrected chi connectivity index (χ0v) is 21.8. The molecule has 3 N–H and O–H groups in total. The Balaban J connectivity index is 1.57. The predicted molar refractivity (Wildman–Crippen MR) is 143 cm³/mol. The van der Waals surface area contributed by atoms with Crippen LogP contribution in [0.3, 0.4) is 0 Å². The van der Waals surface area contributed by atoms with Gasteiger partial charge in [-0.15, -0.1) is 11.3 Å². The van der Waals surface area contributed by atoms with Gasteiger partial charge in [0.1, 0.15) is 17.6 Å². The Morgan fingerprint density at radius 3 is 2.54 bits per heavy atom. The number of halogens is 1. The summed E-state index contributed by atoms with van der Waals surface area (Å²) < 4.78 is 18.7. The van der Waals surface area contributed by atoms with Gasteiger partial charge in [-0.2, -0.15) is 0 Å². The first kappa shape index (κ1) is 26.8. The Morgan fingerprint density at radius 1 is 1.14 bits per heavy atom. The van der Waals surface area contributed by atoms with Crippen molar-refractivity contribution in [2.45, 2.75) is 38.0 Å². The smallest absolute Gasteiger partial charge is 0.254 e. The summed E-state index contributed by atoms with van der Waals surface area (Å²) >= 11 is 1.70. The number of benzene rings is 2. The topological polar surface area (TPSA) is 87.9 Å². The zero-order valence-electron chi connectivity index (χ0n) is 20.9. The van der Waals surface area contributed by atoms with Crippen molar-refractivity contribution in [1.82, 2.24) is 15.1 Å². The van der Waals surface area contributed by atoms with Crippen molar-refractivity contribution in [3.63, 3.8) is 0 Å². The van der Waals surface area contributed by atoms with Crippen molar-refractivity contribution in [2.75, 3.05) is 26.7 Å². The van der Waals surface area contributed by atoms with Crippen LogP contribution < -0.4 is 15.8 Å². The Labute approximate surface area is 221 Å². The van der Waals surface area contributed by atoms with Crippen LogP contribution in [0.4, 0.5) is 4.39 Å². The van der Waals surface area contributed by atoms with E-state index in [1.54, 1.807) is 23.3 Å². The Kier molecular flexibility index (Phi) is 9.27. The number of likely N-dealkylation sites (tertiary alicyclic amines) is 1. The molecule has 2 heterocycles. The molecule has 1 fully saturated rings. The van der Waals surface area contributed by atoms with Crippen molar-refractivity contribution >= 4 is 23.2 Å². The minimum absolute atomic E-state index is 0.0788. The van der Waals surface area contributed by atoms with Gasteiger partial charge in [0.2, 0.25) is 5.91 Å². The fourth-order valence-corrected chi connectivity index (χ4v) is 5.45. The molecule has 1 aromatic heterocycles. The molecule has 7 nitrogen and oxygen atoms in total. The summed E-state index contributed by atoms with van der Waals surface area (Å²) in [4.78, 5) is 31.8. The Bertz CT molecular complexity index is 1160. The number of thiophene rings is 1. The molecule has 2 aromatic carbocycles. The van der Waals surface area contributed by atoms with Gasteiger partial charge in [0, 0.05) is 49.2 Å². The standard InChI is InChI=1S/C28H33FN4O3S/c1-36-24-10-4-20(5-11-24)18-32(19-25-3-2-16-37-25)23-12-15-33(26(17-23)27(34)31-14-13-30)28(35)21-6-8-22(29)9-7-21/h2-11,16,23,26H,12-15,17-19,30H2,1H3,(H,31,34)/t23?,26-/m1/s1. The summed E-state index contributed by atoms with van der Waals surface area (Å²) in [6, 6.07) is 17.1. The third-order valence-corrected chi connectivity index (χ3v) is 7.53. The van der Waals surface area contributed by atoms with Crippen LogP contribution in [0.1, 0.15) is 33.6 Å². The van der Waals surface area contributed by atoms with Crippen LogP contribution in [-0.4, -0.2) is 60.4 Å². The number of nitrogens with two attached hydrogens (primary N) is 1. The minimum atomic E-state index is -0.649. The number of nitrogens with one attached hydrogen (secondary N) is 1. The average molecular weight is 525 g/mol. The van der Waals surface area contributed by atoms with Gasteiger partial charge >= 0.3 is 0 Å². The first-order chi connectivity index (χ1) is 18.0. The summed E-state index contributed by atoms with van der Waals surface area (Å²) in [6.07, 6.45) is 1.21. The third kappa shape index (κ3) is 6.94. The first-order valence-electron chi connectivity index (χ1n) is 12.4. The maximum absolute atomic E-state index is 13.4. The van der Waals surface area contributed by atoms with Gasteiger partial charge in [0.15, 0.2) is 0 Å². The van der Waals surface area contributed by atoms with E-state index >= 15 is 0 Å². The van der Waals surface area contributed by atoms with Gasteiger partial charge in [-0.1, -0.05) is 18.2 Å². The first-order valence-corrected chi connectivity index (χ1v) is 13.3. The molecular formula is C28H33FN4O3S. The molecule has 0 spiro atoms. The molecular weight excluding hydrogens is 491 g/mol. The van der Waals surface area contributed by atoms with Gasteiger partial charge in [0.05, 0.1) is 7.11 Å². The maximum atomic E-state index is 13.4. The number of hydrogen-bond donors (Lipinski definition) is 2. The van der Waals surface area contributed by atoms with Crippen molar-refractivity contribution in [1.29, 1.82) is 0 Å². The van der Waals surface area contributed by atoms with E-state index in [4.69, 9.17) is 10.5 Å². The number of ether oxygens (including phenoxy) is 1. The van der Waals surface area contributed by atoms with Gasteiger partial charge in [-0.25, -0.2) is 4.39 Å². The Morgan fingerprint density at radius 2 is 1.89 bits per heavy atom. The highest BCUT2D eigenvalue weighted by atomic mass is 32.1. The average Bonchev–Trinajstić information content (AvgIpc) is 3.44. The molecule has 37 heavy (non-hydrogen) atoms. The van der Waals surface area contributed by atoms with Crippen molar-refractivity contribution in [3.8, 4) is 5.75 Å². The number of hydrogen-bond acceptors (Lipinski definition) is 6. The second-order valence-electron chi connectivity index (χ2n) is 9.11. The molecule has 0 radical (unpaired) electrons. The summed E-state index contributed by atoms with van der Waals surface area (Å²) in [7, 11) is 1.65. The lowest BCUT2D eigenvalue weighted by molar-refractivity contribution is -0.127. The monoisotopic (exact) mass is 524 g/mol. The van der Waals surface area contributed by atoms with E-state index in [0.717, 1.165) is 24.3 Å². The molecule has 0 aliphatic carbocycles. The van der Waals surface area contributed by atoms with Crippen molar-refractivity contribution in [3.05, 3.63) is 87.9 Å². The number of rotatable bonds is 10. The molecule has 2 amide bonds. The number of methoxy groups -OCH3 is 1. The van der Waals surface area contributed by atoms with Crippen LogP contribution in [0.25, 0.3) is 0 Å². The molecule has 1 aliphatic rings. The number of nitrogens with zero attached hydrogens (tertiary/aromatic N) is 2. The molecule has 0 saturated carbocycles. The van der Waals surface area contributed by atoms with E-state index in [-0.39, 0.29) is 17.9 Å². The zero-order chi connectivity index (χ0) is 26.2.